The van der Waals surface area contributed by atoms with E-state index in [1.165, 1.54) is 12.1 Å². The zero-order chi connectivity index (χ0) is 14.0. The first kappa shape index (κ1) is 13.8. The topological polar surface area (TPSA) is 42.2 Å². The minimum atomic E-state index is -1.00. The fourth-order valence-corrected chi connectivity index (χ4v) is 2.38. The van der Waals surface area contributed by atoms with E-state index in [-0.39, 0.29) is 11.5 Å². The molecule has 1 heterocycles. The second-order valence-corrected chi connectivity index (χ2v) is 5.10. The third-order valence-electron chi connectivity index (χ3n) is 2.85. The molecule has 0 amide bonds. The van der Waals surface area contributed by atoms with Crippen molar-refractivity contribution in [1.82, 2.24) is 4.57 Å². The summed E-state index contributed by atoms with van der Waals surface area (Å²) in [6.45, 7) is 2.49. The van der Waals surface area contributed by atoms with Crippen molar-refractivity contribution in [2.24, 2.45) is 0 Å². The molecule has 0 aliphatic rings. The van der Waals surface area contributed by atoms with Gasteiger partial charge in [-0.1, -0.05) is 22.9 Å². The molecule has 0 saturated carbocycles. The van der Waals surface area contributed by atoms with Crippen molar-refractivity contribution in [2.75, 3.05) is 0 Å². The molecule has 0 fully saturated rings. The van der Waals surface area contributed by atoms with Crippen molar-refractivity contribution in [3.05, 3.63) is 46.3 Å². The summed E-state index contributed by atoms with van der Waals surface area (Å²) >= 11 is 3.21. The molecule has 0 radical (unpaired) electrons. The molecule has 19 heavy (non-hydrogen) atoms. The molecule has 2 aromatic rings. The molecule has 0 unspecified atom stereocenters. The smallest absolute Gasteiger partial charge is 0.352 e. The van der Waals surface area contributed by atoms with Crippen LogP contribution in [0.25, 0.3) is 11.3 Å². The Hall–Kier alpha value is -1.62. The third-order valence-corrected chi connectivity index (χ3v) is 3.35. The lowest BCUT2D eigenvalue weighted by Crippen LogP contribution is -2.09. The second-order valence-electron chi connectivity index (χ2n) is 4.18. The Kier molecular flexibility index (Phi) is 4.04. The van der Waals surface area contributed by atoms with Gasteiger partial charge in [-0.25, -0.2) is 9.18 Å². The SMILES string of the molecule is CCCn1c(C(=O)O)ccc1-c1ccc(Br)cc1F. The molecule has 3 nitrogen and oxygen atoms in total. The summed E-state index contributed by atoms with van der Waals surface area (Å²) < 4.78 is 16.3. The number of benzene rings is 1. The number of carboxylic acids is 1. The van der Waals surface area contributed by atoms with Crippen LogP contribution in [0.5, 0.6) is 0 Å². The molecule has 0 saturated heterocycles. The van der Waals surface area contributed by atoms with E-state index in [1.807, 2.05) is 6.92 Å². The summed E-state index contributed by atoms with van der Waals surface area (Å²) in [5.74, 6) is -1.38. The molecule has 0 aliphatic carbocycles. The molecule has 1 aromatic heterocycles. The monoisotopic (exact) mass is 325 g/mol. The normalized spacial score (nSPS) is 10.7. The van der Waals surface area contributed by atoms with E-state index in [2.05, 4.69) is 15.9 Å². The summed E-state index contributed by atoms with van der Waals surface area (Å²) in [5, 5.41) is 9.14. The van der Waals surface area contributed by atoms with E-state index in [4.69, 9.17) is 5.11 Å². The Morgan fingerprint density at radius 1 is 1.37 bits per heavy atom. The molecule has 100 valence electrons. The lowest BCUT2D eigenvalue weighted by molar-refractivity contribution is 0.0685. The van der Waals surface area contributed by atoms with Gasteiger partial charge in [0.15, 0.2) is 0 Å². The van der Waals surface area contributed by atoms with Crippen LogP contribution < -0.4 is 0 Å². The number of nitrogens with zero attached hydrogens (tertiary/aromatic N) is 1. The highest BCUT2D eigenvalue weighted by Crippen LogP contribution is 2.28. The maximum Gasteiger partial charge on any atom is 0.352 e. The van der Waals surface area contributed by atoms with Gasteiger partial charge in [-0.2, -0.15) is 0 Å². The van der Waals surface area contributed by atoms with Gasteiger partial charge in [0, 0.05) is 16.6 Å². The number of halogens is 2. The van der Waals surface area contributed by atoms with Gasteiger partial charge in [-0.15, -0.1) is 0 Å². The summed E-state index contributed by atoms with van der Waals surface area (Å²) in [7, 11) is 0. The zero-order valence-corrected chi connectivity index (χ0v) is 11.9. The van der Waals surface area contributed by atoms with Gasteiger partial charge in [0.25, 0.3) is 0 Å². The zero-order valence-electron chi connectivity index (χ0n) is 10.4. The molecule has 0 atom stereocenters. The van der Waals surface area contributed by atoms with Gasteiger partial charge < -0.3 is 9.67 Å². The van der Waals surface area contributed by atoms with Crippen LogP contribution in [0.1, 0.15) is 23.8 Å². The maximum atomic E-state index is 14.0. The minimum Gasteiger partial charge on any atom is -0.477 e. The van der Waals surface area contributed by atoms with Crippen molar-refractivity contribution in [3.63, 3.8) is 0 Å². The van der Waals surface area contributed by atoms with Crippen LogP contribution in [0.4, 0.5) is 4.39 Å². The second kappa shape index (κ2) is 5.57. The Balaban J connectivity index is 2.58. The van der Waals surface area contributed by atoms with Crippen LogP contribution in [0.15, 0.2) is 34.8 Å². The molecule has 2 rings (SSSR count). The number of hydrogen-bond acceptors (Lipinski definition) is 1. The number of aromatic nitrogens is 1. The first-order valence-corrected chi connectivity index (χ1v) is 6.72. The highest BCUT2D eigenvalue weighted by Gasteiger charge is 2.16. The predicted molar refractivity (Wildman–Crippen MR) is 74.8 cm³/mol. The Morgan fingerprint density at radius 3 is 2.68 bits per heavy atom. The van der Waals surface area contributed by atoms with Crippen LogP contribution in [0.3, 0.4) is 0 Å². The Labute approximate surface area is 118 Å². The highest BCUT2D eigenvalue weighted by atomic mass is 79.9. The van der Waals surface area contributed by atoms with Crippen molar-refractivity contribution in [3.8, 4) is 11.3 Å². The lowest BCUT2D eigenvalue weighted by Gasteiger charge is -2.11. The quantitative estimate of drug-likeness (QED) is 0.916. The predicted octanol–water partition coefficient (Wildman–Crippen LogP) is 4.16. The molecule has 0 spiro atoms. The van der Waals surface area contributed by atoms with Crippen LogP contribution in [0.2, 0.25) is 0 Å². The Bertz CT molecular complexity index is 622. The minimum absolute atomic E-state index is 0.180. The third kappa shape index (κ3) is 2.71. The van der Waals surface area contributed by atoms with E-state index in [0.717, 1.165) is 6.42 Å². The largest absolute Gasteiger partial charge is 0.477 e. The number of hydrogen-bond donors (Lipinski definition) is 1. The van der Waals surface area contributed by atoms with Crippen molar-refractivity contribution in [2.45, 2.75) is 19.9 Å². The van der Waals surface area contributed by atoms with Crippen LogP contribution in [-0.2, 0) is 6.54 Å². The number of carboxylic acid groups (broad SMARTS) is 1. The average molecular weight is 326 g/mol. The summed E-state index contributed by atoms with van der Waals surface area (Å²) in [5.41, 5.74) is 1.17. The highest BCUT2D eigenvalue weighted by molar-refractivity contribution is 9.10. The molecule has 0 aliphatic heterocycles. The van der Waals surface area contributed by atoms with Crippen molar-refractivity contribution in [1.29, 1.82) is 0 Å². The Morgan fingerprint density at radius 2 is 2.11 bits per heavy atom. The van der Waals surface area contributed by atoms with Gasteiger partial charge in [-0.3, -0.25) is 0 Å². The fraction of sp³-hybridized carbons (Fsp3) is 0.214. The van der Waals surface area contributed by atoms with Crippen LogP contribution >= 0.6 is 15.9 Å². The summed E-state index contributed by atoms with van der Waals surface area (Å²) in [6, 6.07) is 7.91. The first-order valence-electron chi connectivity index (χ1n) is 5.92. The summed E-state index contributed by atoms with van der Waals surface area (Å²) in [4.78, 5) is 11.2. The van der Waals surface area contributed by atoms with Gasteiger partial charge in [0.1, 0.15) is 11.5 Å². The maximum absolute atomic E-state index is 14.0. The summed E-state index contributed by atoms with van der Waals surface area (Å²) in [6.07, 6.45) is 0.778. The fourth-order valence-electron chi connectivity index (χ4n) is 2.05. The molecular weight excluding hydrogens is 313 g/mol. The van der Waals surface area contributed by atoms with E-state index >= 15 is 0 Å². The average Bonchev–Trinajstić information content (AvgIpc) is 2.73. The van der Waals surface area contributed by atoms with Gasteiger partial charge in [-0.05, 0) is 36.8 Å². The number of aromatic carboxylic acids is 1. The molecule has 1 N–H and O–H groups in total. The van der Waals surface area contributed by atoms with Crippen molar-refractivity contribution < 1.29 is 14.3 Å². The standard InChI is InChI=1S/C14H13BrFNO2/c1-2-7-17-12(5-6-13(17)14(18)19)10-4-3-9(15)8-11(10)16/h3-6,8H,2,7H2,1H3,(H,18,19). The van der Waals surface area contributed by atoms with Crippen LogP contribution in [0, 0.1) is 5.82 Å². The van der Waals surface area contributed by atoms with E-state index in [0.29, 0.717) is 22.3 Å². The molecule has 5 heteroatoms. The van der Waals surface area contributed by atoms with Gasteiger partial charge >= 0.3 is 5.97 Å². The van der Waals surface area contributed by atoms with Crippen molar-refractivity contribution >= 4 is 21.9 Å². The van der Waals surface area contributed by atoms with Crippen LogP contribution in [-0.4, -0.2) is 15.6 Å². The molecule has 1 aromatic carbocycles. The molecule has 0 bridgehead atoms. The molecular formula is C14H13BrFNO2. The van der Waals surface area contributed by atoms with Gasteiger partial charge in [0.2, 0.25) is 0 Å². The number of carbonyl (C=O) groups is 1. The number of rotatable bonds is 4. The van der Waals surface area contributed by atoms with E-state index < -0.39 is 5.97 Å². The van der Waals surface area contributed by atoms with E-state index in [9.17, 15) is 9.18 Å². The first-order chi connectivity index (χ1) is 9.04. The lowest BCUT2D eigenvalue weighted by atomic mass is 10.1. The van der Waals surface area contributed by atoms with Gasteiger partial charge in [0.05, 0.1) is 5.69 Å². The van der Waals surface area contributed by atoms with E-state index in [1.54, 1.807) is 22.8 Å².